The predicted molar refractivity (Wildman–Crippen MR) is 106 cm³/mol. The van der Waals surface area contributed by atoms with Crippen LogP contribution < -0.4 is 5.32 Å². The largest absolute Gasteiger partial charge is 0.390 e. The number of anilines is 1. The number of nitrogens with one attached hydrogen (secondary N) is 1. The SMILES string of the molecule is Cn1nnnc1-c1ccc2cnc(NC(=O)C3CCN(CCC(F)(F)F)CC3)nc2c1. The number of hydrogen-bond acceptors (Lipinski definition) is 7. The molecule has 3 aromatic rings. The number of hydrogen-bond donors (Lipinski definition) is 1. The van der Waals surface area contributed by atoms with Crippen molar-refractivity contribution in [3.63, 3.8) is 0 Å². The van der Waals surface area contributed by atoms with Gasteiger partial charge in [-0.25, -0.2) is 14.6 Å². The molecule has 0 aliphatic carbocycles. The fourth-order valence-electron chi connectivity index (χ4n) is 3.61. The number of benzene rings is 1. The molecule has 1 amide bonds. The van der Waals surface area contributed by atoms with Crippen molar-refractivity contribution >= 4 is 22.8 Å². The Kier molecular flexibility index (Phi) is 5.81. The van der Waals surface area contributed by atoms with Gasteiger partial charge in [0.05, 0.1) is 11.9 Å². The molecule has 9 nitrogen and oxygen atoms in total. The first-order valence-electron chi connectivity index (χ1n) is 9.88. The quantitative estimate of drug-likeness (QED) is 0.658. The fraction of sp³-hybridized carbons (Fsp3) is 0.474. The molecule has 2 aromatic heterocycles. The van der Waals surface area contributed by atoms with Gasteiger partial charge in [-0.3, -0.25) is 10.1 Å². The summed E-state index contributed by atoms with van der Waals surface area (Å²) in [4.78, 5) is 23.0. The third-order valence-electron chi connectivity index (χ3n) is 5.37. The summed E-state index contributed by atoms with van der Waals surface area (Å²) in [6.07, 6.45) is -2.37. The van der Waals surface area contributed by atoms with E-state index in [1.165, 1.54) is 0 Å². The average Bonchev–Trinajstić information content (AvgIpc) is 3.17. The van der Waals surface area contributed by atoms with Crippen LogP contribution in [0.15, 0.2) is 24.4 Å². The Labute approximate surface area is 175 Å². The minimum Gasteiger partial charge on any atom is -0.303 e. The number of tetrazole rings is 1. The number of aromatic nitrogens is 6. The van der Waals surface area contributed by atoms with Crippen LogP contribution in [0.2, 0.25) is 0 Å². The number of nitrogens with zero attached hydrogens (tertiary/aromatic N) is 7. The number of amides is 1. The molecule has 1 fully saturated rings. The number of likely N-dealkylation sites (tertiary alicyclic amines) is 1. The van der Waals surface area contributed by atoms with E-state index in [9.17, 15) is 18.0 Å². The van der Waals surface area contributed by atoms with Crippen LogP contribution in [0, 0.1) is 5.92 Å². The van der Waals surface area contributed by atoms with Crippen molar-refractivity contribution in [2.45, 2.75) is 25.4 Å². The minimum absolute atomic E-state index is 0.0327. The van der Waals surface area contributed by atoms with Crippen LogP contribution in [0.5, 0.6) is 0 Å². The topological polar surface area (TPSA) is 102 Å². The summed E-state index contributed by atoms with van der Waals surface area (Å²) in [5.41, 5.74) is 1.41. The van der Waals surface area contributed by atoms with Gasteiger partial charge in [0.1, 0.15) is 0 Å². The predicted octanol–water partition coefficient (Wildman–Crippen LogP) is 2.42. The maximum absolute atomic E-state index is 12.6. The lowest BCUT2D eigenvalue weighted by Crippen LogP contribution is -2.39. The van der Waals surface area contributed by atoms with Crippen molar-refractivity contribution in [3.8, 4) is 11.4 Å². The van der Waals surface area contributed by atoms with Crippen molar-refractivity contribution in [1.82, 2.24) is 35.1 Å². The highest BCUT2D eigenvalue weighted by molar-refractivity contribution is 5.92. The molecule has 164 valence electrons. The van der Waals surface area contributed by atoms with Gasteiger partial charge in [-0.1, -0.05) is 12.1 Å². The summed E-state index contributed by atoms with van der Waals surface area (Å²) in [5, 5.41) is 15.0. The Morgan fingerprint density at radius 1 is 1.26 bits per heavy atom. The lowest BCUT2D eigenvalue weighted by Gasteiger charge is -2.31. The molecule has 1 saturated heterocycles. The van der Waals surface area contributed by atoms with E-state index in [-0.39, 0.29) is 24.3 Å². The number of alkyl halides is 3. The molecule has 0 atom stereocenters. The second-order valence-corrected chi connectivity index (χ2v) is 7.56. The Morgan fingerprint density at radius 2 is 2.03 bits per heavy atom. The maximum atomic E-state index is 12.6. The van der Waals surface area contributed by atoms with E-state index in [2.05, 4.69) is 30.8 Å². The third-order valence-corrected chi connectivity index (χ3v) is 5.37. The van der Waals surface area contributed by atoms with Crippen molar-refractivity contribution in [2.24, 2.45) is 13.0 Å². The Morgan fingerprint density at radius 3 is 2.71 bits per heavy atom. The molecular weight excluding hydrogens is 413 g/mol. The van der Waals surface area contributed by atoms with Crippen LogP contribution in [0.25, 0.3) is 22.3 Å². The van der Waals surface area contributed by atoms with Crippen LogP contribution in [-0.2, 0) is 11.8 Å². The highest BCUT2D eigenvalue weighted by Crippen LogP contribution is 2.24. The molecule has 3 heterocycles. The number of piperidine rings is 1. The molecule has 0 radical (unpaired) electrons. The van der Waals surface area contributed by atoms with Crippen molar-refractivity contribution in [3.05, 3.63) is 24.4 Å². The van der Waals surface area contributed by atoms with Gasteiger partial charge < -0.3 is 4.90 Å². The van der Waals surface area contributed by atoms with Gasteiger partial charge >= 0.3 is 6.18 Å². The first-order chi connectivity index (χ1) is 14.8. The van der Waals surface area contributed by atoms with E-state index < -0.39 is 12.6 Å². The Balaban J connectivity index is 1.39. The highest BCUT2D eigenvalue weighted by Gasteiger charge is 2.30. The van der Waals surface area contributed by atoms with Gasteiger partial charge in [-0.2, -0.15) is 13.2 Å². The molecular formula is C19H21F3N8O. The van der Waals surface area contributed by atoms with E-state index in [0.29, 0.717) is 37.3 Å². The Bertz CT molecular complexity index is 1080. The summed E-state index contributed by atoms with van der Waals surface area (Å²) < 4.78 is 38.7. The normalized spacial score (nSPS) is 16.0. The second-order valence-electron chi connectivity index (χ2n) is 7.56. The average molecular weight is 434 g/mol. The highest BCUT2D eigenvalue weighted by atomic mass is 19.4. The van der Waals surface area contributed by atoms with E-state index in [1.807, 2.05) is 18.2 Å². The van der Waals surface area contributed by atoms with Crippen molar-refractivity contribution in [1.29, 1.82) is 0 Å². The third kappa shape index (κ3) is 5.13. The summed E-state index contributed by atoms with van der Waals surface area (Å²) >= 11 is 0. The number of aryl methyl sites for hydroxylation is 1. The zero-order valence-corrected chi connectivity index (χ0v) is 16.8. The smallest absolute Gasteiger partial charge is 0.303 e. The van der Waals surface area contributed by atoms with E-state index in [4.69, 9.17) is 0 Å². The molecule has 1 aromatic carbocycles. The zero-order valence-electron chi connectivity index (χ0n) is 16.8. The molecule has 1 aliphatic rings. The van der Waals surface area contributed by atoms with Gasteiger partial charge in [0.15, 0.2) is 5.82 Å². The van der Waals surface area contributed by atoms with Crippen LogP contribution >= 0.6 is 0 Å². The number of rotatable bonds is 5. The van der Waals surface area contributed by atoms with Gasteiger partial charge in [0.25, 0.3) is 0 Å². The van der Waals surface area contributed by atoms with Crippen molar-refractivity contribution in [2.75, 3.05) is 25.0 Å². The van der Waals surface area contributed by atoms with Crippen LogP contribution in [0.4, 0.5) is 19.1 Å². The molecule has 31 heavy (non-hydrogen) atoms. The number of carbonyl (C=O) groups excluding carboxylic acids is 1. The standard InChI is InChI=1S/C19H21F3N8O/c1-29-16(26-27-28-29)13-2-3-14-11-23-18(24-15(14)10-13)25-17(31)12-4-7-30(8-5-12)9-6-19(20,21)22/h2-3,10-12H,4-9H2,1H3,(H,23,24,25,31). The van der Waals surface area contributed by atoms with Crippen LogP contribution in [-0.4, -0.2) is 66.8 Å². The van der Waals surface area contributed by atoms with Gasteiger partial charge in [-0.05, 0) is 42.4 Å². The zero-order chi connectivity index (χ0) is 22.0. The van der Waals surface area contributed by atoms with E-state index >= 15 is 0 Å². The van der Waals surface area contributed by atoms with Crippen LogP contribution in [0.1, 0.15) is 19.3 Å². The fourth-order valence-corrected chi connectivity index (χ4v) is 3.61. The lowest BCUT2D eigenvalue weighted by atomic mass is 9.96. The van der Waals surface area contributed by atoms with Gasteiger partial charge in [0, 0.05) is 36.7 Å². The molecule has 0 bridgehead atoms. The van der Waals surface area contributed by atoms with E-state index in [1.54, 1.807) is 22.8 Å². The summed E-state index contributed by atoms with van der Waals surface area (Å²) in [6.45, 7) is 0.888. The van der Waals surface area contributed by atoms with Gasteiger partial charge in [0.2, 0.25) is 11.9 Å². The second kappa shape index (κ2) is 8.53. The number of carbonyl (C=O) groups is 1. The molecule has 0 saturated carbocycles. The summed E-state index contributed by atoms with van der Waals surface area (Å²) in [6, 6.07) is 5.53. The summed E-state index contributed by atoms with van der Waals surface area (Å²) in [7, 11) is 1.74. The minimum atomic E-state index is -4.16. The maximum Gasteiger partial charge on any atom is 0.390 e. The molecule has 0 spiro atoms. The first kappa shape index (κ1) is 21.1. The molecule has 12 heteroatoms. The monoisotopic (exact) mass is 434 g/mol. The first-order valence-corrected chi connectivity index (χ1v) is 9.88. The Hall–Kier alpha value is -3.15. The number of fused-ring (bicyclic) bond motifs is 1. The molecule has 4 rings (SSSR count). The van der Waals surface area contributed by atoms with E-state index in [0.717, 1.165) is 10.9 Å². The van der Waals surface area contributed by atoms with Crippen molar-refractivity contribution < 1.29 is 18.0 Å². The molecule has 1 N–H and O–H groups in total. The summed E-state index contributed by atoms with van der Waals surface area (Å²) in [5.74, 6) is 0.273. The number of halogens is 3. The lowest BCUT2D eigenvalue weighted by molar-refractivity contribution is -0.139. The van der Waals surface area contributed by atoms with Crippen LogP contribution in [0.3, 0.4) is 0 Å². The van der Waals surface area contributed by atoms with Gasteiger partial charge in [-0.15, -0.1) is 5.10 Å². The molecule has 1 aliphatic heterocycles. The molecule has 0 unspecified atom stereocenters.